The van der Waals surface area contributed by atoms with Crippen LogP contribution in [0.2, 0.25) is 0 Å². The Hall–Kier alpha value is -2.43. The van der Waals surface area contributed by atoms with Crippen molar-refractivity contribution in [1.29, 1.82) is 0 Å². The third-order valence-corrected chi connectivity index (χ3v) is 2.90. The molecule has 1 aromatic carbocycles. The van der Waals surface area contributed by atoms with Crippen molar-refractivity contribution >= 4 is 10.9 Å². The SMILES string of the molecule is COc1nc2ccc(C)cc2cc1-c1noc(C)n1. The zero-order valence-corrected chi connectivity index (χ0v) is 11.0. The number of rotatable bonds is 2. The van der Waals surface area contributed by atoms with Crippen LogP contribution < -0.4 is 4.74 Å². The van der Waals surface area contributed by atoms with Crippen LogP contribution in [0.15, 0.2) is 28.8 Å². The number of methoxy groups -OCH3 is 1. The summed E-state index contributed by atoms with van der Waals surface area (Å²) in [5.74, 6) is 1.50. The average molecular weight is 255 g/mol. The van der Waals surface area contributed by atoms with E-state index in [1.165, 1.54) is 5.56 Å². The third-order valence-electron chi connectivity index (χ3n) is 2.90. The zero-order valence-electron chi connectivity index (χ0n) is 11.0. The molecule has 0 aliphatic rings. The standard InChI is InChI=1S/C14H13N3O2/c1-8-4-5-12-10(6-8)7-11(14(16-12)18-3)13-15-9(2)19-17-13/h4-7H,1-3H3. The predicted molar refractivity (Wildman–Crippen MR) is 71.1 cm³/mol. The second-order valence-electron chi connectivity index (χ2n) is 4.38. The lowest BCUT2D eigenvalue weighted by molar-refractivity contribution is 0.390. The van der Waals surface area contributed by atoms with Crippen LogP contribution in [0.5, 0.6) is 5.88 Å². The molecule has 3 rings (SSSR count). The van der Waals surface area contributed by atoms with Crippen molar-refractivity contribution in [1.82, 2.24) is 15.1 Å². The fraction of sp³-hybridized carbons (Fsp3) is 0.214. The lowest BCUT2D eigenvalue weighted by Gasteiger charge is -2.07. The molecule has 0 radical (unpaired) electrons. The molecule has 0 amide bonds. The van der Waals surface area contributed by atoms with E-state index in [9.17, 15) is 0 Å². The van der Waals surface area contributed by atoms with Crippen LogP contribution in [0.1, 0.15) is 11.5 Å². The van der Waals surface area contributed by atoms with Crippen LogP contribution in [0.3, 0.4) is 0 Å². The van der Waals surface area contributed by atoms with E-state index in [0.29, 0.717) is 17.6 Å². The number of ether oxygens (including phenoxy) is 1. The van der Waals surface area contributed by atoms with Gasteiger partial charge in [-0.25, -0.2) is 4.98 Å². The van der Waals surface area contributed by atoms with Crippen LogP contribution in [-0.4, -0.2) is 22.2 Å². The molecule has 2 heterocycles. The van der Waals surface area contributed by atoms with Crippen molar-refractivity contribution in [2.24, 2.45) is 0 Å². The normalized spacial score (nSPS) is 10.9. The van der Waals surface area contributed by atoms with Crippen molar-refractivity contribution in [3.8, 4) is 17.3 Å². The molecule has 3 aromatic rings. The predicted octanol–water partition coefficient (Wildman–Crippen LogP) is 2.91. The highest BCUT2D eigenvalue weighted by Crippen LogP contribution is 2.30. The minimum atomic E-state index is 0.491. The summed E-state index contributed by atoms with van der Waals surface area (Å²) in [5.41, 5.74) is 2.79. The van der Waals surface area contributed by atoms with E-state index >= 15 is 0 Å². The maximum Gasteiger partial charge on any atom is 0.225 e. The number of nitrogens with zero attached hydrogens (tertiary/aromatic N) is 3. The van der Waals surface area contributed by atoms with Crippen molar-refractivity contribution in [2.45, 2.75) is 13.8 Å². The first kappa shape index (κ1) is 11.6. The Bertz CT molecular complexity index is 750. The molecule has 0 aliphatic heterocycles. The summed E-state index contributed by atoms with van der Waals surface area (Å²) in [6.45, 7) is 3.80. The van der Waals surface area contributed by atoms with Gasteiger partial charge in [0.25, 0.3) is 0 Å². The largest absolute Gasteiger partial charge is 0.480 e. The second-order valence-corrected chi connectivity index (χ2v) is 4.38. The molecule has 96 valence electrons. The van der Waals surface area contributed by atoms with E-state index in [4.69, 9.17) is 9.26 Å². The topological polar surface area (TPSA) is 61.0 Å². The molecule has 19 heavy (non-hydrogen) atoms. The van der Waals surface area contributed by atoms with Gasteiger partial charge in [-0.15, -0.1) is 0 Å². The summed E-state index contributed by atoms with van der Waals surface area (Å²) < 4.78 is 10.3. The summed E-state index contributed by atoms with van der Waals surface area (Å²) in [6, 6.07) is 8.03. The molecule has 0 saturated carbocycles. The van der Waals surface area contributed by atoms with E-state index in [-0.39, 0.29) is 0 Å². The van der Waals surface area contributed by atoms with Crippen LogP contribution in [0.25, 0.3) is 22.3 Å². The number of benzene rings is 1. The van der Waals surface area contributed by atoms with Gasteiger partial charge in [0.2, 0.25) is 17.6 Å². The molecule has 5 nitrogen and oxygen atoms in total. The first-order chi connectivity index (χ1) is 9.17. The monoisotopic (exact) mass is 255 g/mol. The van der Waals surface area contributed by atoms with Gasteiger partial charge in [0, 0.05) is 12.3 Å². The highest BCUT2D eigenvalue weighted by molar-refractivity contribution is 5.85. The highest BCUT2D eigenvalue weighted by Gasteiger charge is 2.14. The average Bonchev–Trinajstić information content (AvgIpc) is 2.83. The summed E-state index contributed by atoms with van der Waals surface area (Å²) in [4.78, 5) is 8.70. The highest BCUT2D eigenvalue weighted by atomic mass is 16.5. The van der Waals surface area contributed by atoms with Gasteiger partial charge in [-0.05, 0) is 25.1 Å². The molecule has 0 spiro atoms. The number of aryl methyl sites for hydroxylation is 2. The Balaban J connectivity index is 2.27. The van der Waals surface area contributed by atoms with E-state index in [1.807, 2.05) is 25.1 Å². The number of pyridine rings is 1. The molecule has 0 aliphatic carbocycles. The summed E-state index contributed by atoms with van der Waals surface area (Å²) in [7, 11) is 1.58. The van der Waals surface area contributed by atoms with Crippen LogP contribution in [0, 0.1) is 13.8 Å². The zero-order chi connectivity index (χ0) is 13.4. The molecule has 0 unspecified atom stereocenters. The lowest BCUT2D eigenvalue weighted by atomic mass is 10.1. The quantitative estimate of drug-likeness (QED) is 0.704. The lowest BCUT2D eigenvalue weighted by Crippen LogP contribution is -1.94. The van der Waals surface area contributed by atoms with Crippen molar-refractivity contribution in [3.63, 3.8) is 0 Å². The first-order valence-corrected chi connectivity index (χ1v) is 5.93. The van der Waals surface area contributed by atoms with Gasteiger partial charge in [0.1, 0.15) is 0 Å². The maximum atomic E-state index is 5.31. The Kier molecular flexibility index (Phi) is 2.67. The molecule has 2 aromatic heterocycles. The molecular formula is C14H13N3O2. The van der Waals surface area contributed by atoms with Gasteiger partial charge in [0.05, 0.1) is 18.2 Å². The minimum Gasteiger partial charge on any atom is -0.480 e. The van der Waals surface area contributed by atoms with E-state index in [1.54, 1.807) is 14.0 Å². The van der Waals surface area contributed by atoms with Crippen LogP contribution in [-0.2, 0) is 0 Å². The van der Waals surface area contributed by atoms with Gasteiger partial charge < -0.3 is 9.26 Å². The van der Waals surface area contributed by atoms with Gasteiger partial charge in [-0.2, -0.15) is 4.98 Å². The number of aromatic nitrogens is 3. The molecule has 0 bridgehead atoms. The second kappa shape index (κ2) is 4.35. The minimum absolute atomic E-state index is 0.491. The van der Waals surface area contributed by atoms with Gasteiger partial charge >= 0.3 is 0 Å². The molecule has 5 heteroatoms. The van der Waals surface area contributed by atoms with Gasteiger partial charge in [0.15, 0.2) is 0 Å². The van der Waals surface area contributed by atoms with E-state index in [0.717, 1.165) is 16.5 Å². The maximum absolute atomic E-state index is 5.31. The van der Waals surface area contributed by atoms with Gasteiger partial charge in [-0.1, -0.05) is 16.8 Å². The third kappa shape index (κ3) is 2.03. The first-order valence-electron chi connectivity index (χ1n) is 5.93. The van der Waals surface area contributed by atoms with E-state index in [2.05, 4.69) is 21.2 Å². The molecular weight excluding hydrogens is 242 g/mol. The smallest absolute Gasteiger partial charge is 0.225 e. The Morgan fingerprint density at radius 1 is 1.11 bits per heavy atom. The molecule has 0 saturated heterocycles. The summed E-state index contributed by atoms with van der Waals surface area (Å²) in [6.07, 6.45) is 0. The van der Waals surface area contributed by atoms with Crippen LogP contribution in [0.4, 0.5) is 0 Å². The number of hydrogen-bond donors (Lipinski definition) is 0. The fourth-order valence-electron chi connectivity index (χ4n) is 2.00. The van der Waals surface area contributed by atoms with Crippen molar-refractivity contribution < 1.29 is 9.26 Å². The molecule has 0 fully saturated rings. The van der Waals surface area contributed by atoms with Crippen LogP contribution >= 0.6 is 0 Å². The number of fused-ring (bicyclic) bond motifs is 1. The van der Waals surface area contributed by atoms with Crippen molar-refractivity contribution in [3.05, 3.63) is 35.7 Å². The molecule has 0 N–H and O–H groups in total. The number of hydrogen-bond acceptors (Lipinski definition) is 5. The Labute approximate surface area is 110 Å². The van der Waals surface area contributed by atoms with Crippen molar-refractivity contribution in [2.75, 3.05) is 7.11 Å². The summed E-state index contributed by atoms with van der Waals surface area (Å²) in [5, 5.41) is 4.94. The summed E-state index contributed by atoms with van der Waals surface area (Å²) >= 11 is 0. The van der Waals surface area contributed by atoms with Gasteiger partial charge in [-0.3, -0.25) is 0 Å². The molecule has 0 atom stereocenters. The Morgan fingerprint density at radius 2 is 1.95 bits per heavy atom. The Morgan fingerprint density at radius 3 is 2.63 bits per heavy atom. The fourth-order valence-corrected chi connectivity index (χ4v) is 2.00. The van der Waals surface area contributed by atoms with E-state index < -0.39 is 0 Å².